The maximum absolute atomic E-state index is 14.8. The largest absolute Gasteiger partial charge is 0.372 e. The molecule has 4 fully saturated rings. The van der Waals surface area contributed by atoms with Gasteiger partial charge in [-0.25, -0.2) is 8.42 Å². The molecule has 47 heavy (non-hydrogen) atoms. The van der Waals surface area contributed by atoms with E-state index in [9.17, 15) is 8.42 Å². The maximum Gasteiger partial charge on any atom is 0.207 e. The second kappa shape index (κ2) is 14.6. The van der Waals surface area contributed by atoms with Crippen LogP contribution in [0.1, 0.15) is 0 Å². The topological polar surface area (TPSA) is 59.2 Å². The van der Waals surface area contributed by atoms with Gasteiger partial charge in [0.05, 0.1) is 35.2 Å². The summed E-state index contributed by atoms with van der Waals surface area (Å²) >= 11 is 11.2. The van der Waals surface area contributed by atoms with Gasteiger partial charge in [-0.1, -0.05) is 24.3 Å². The molecule has 4 atom stereocenters. The monoisotopic (exact) mass is 754 g/mol. The summed E-state index contributed by atoms with van der Waals surface area (Å²) in [6, 6.07) is 28.4. The van der Waals surface area contributed by atoms with Gasteiger partial charge in [-0.05, 0) is 71.8 Å². The van der Waals surface area contributed by atoms with E-state index in [4.69, 9.17) is 9.47 Å². The van der Waals surface area contributed by atoms with E-state index >= 15 is 0 Å². The number of hydrogen-bond donors (Lipinski definition) is 0. The SMILES string of the molecule is O=S(=O)(c1ccc(SCC2CO2)cc1-c1ccc(SCC2CS2)cc1)c1ccc(SCC2CO2)cc1-c1ccc(SCC2CS2)cc1. The van der Waals surface area contributed by atoms with Crippen molar-refractivity contribution in [2.45, 2.75) is 52.1 Å². The molecule has 0 amide bonds. The number of epoxide rings is 2. The van der Waals surface area contributed by atoms with Crippen LogP contribution >= 0.6 is 70.6 Å². The molecule has 244 valence electrons. The van der Waals surface area contributed by atoms with Gasteiger partial charge in [-0.2, -0.15) is 23.5 Å². The molecule has 8 rings (SSSR count). The van der Waals surface area contributed by atoms with Gasteiger partial charge in [0.2, 0.25) is 9.84 Å². The summed E-state index contributed by atoms with van der Waals surface area (Å²) in [7, 11) is -3.90. The number of benzene rings is 4. The molecule has 0 N–H and O–H groups in total. The fraction of sp³-hybridized carbons (Fsp3) is 0.333. The molecule has 0 aromatic heterocycles. The van der Waals surface area contributed by atoms with Crippen molar-refractivity contribution in [1.82, 2.24) is 0 Å². The third kappa shape index (κ3) is 8.78. The standard InChI is InChI=1S/C36H34O4S7/c37-47(38,35-11-9-29(41-17-25-15-39-25)13-33(35)23-1-5-27(6-2-23)43-19-31-21-45-31)36-12-10-30(42-18-26-16-40-26)14-34(36)24-3-7-28(8-4-24)44-20-32-22-46-32/h1-14,25-26,31-32H,15-22H2. The first-order valence-electron chi connectivity index (χ1n) is 15.7. The molecule has 0 aliphatic carbocycles. The van der Waals surface area contributed by atoms with Crippen LogP contribution in [0.5, 0.6) is 0 Å². The maximum atomic E-state index is 14.8. The number of rotatable bonds is 16. The Morgan fingerprint density at radius 1 is 0.553 bits per heavy atom. The van der Waals surface area contributed by atoms with Crippen LogP contribution in [0.3, 0.4) is 0 Å². The highest BCUT2D eigenvalue weighted by atomic mass is 32.2. The summed E-state index contributed by atoms with van der Waals surface area (Å²) in [6.07, 6.45) is 0.575. The molecule has 11 heteroatoms. The predicted octanol–water partition coefficient (Wildman–Crippen LogP) is 9.25. The molecule has 4 saturated heterocycles. The van der Waals surface area contributed by atoms with E-state index in [2.05, 4.69) is 48.5 Å². The minimum absolute atomic E-state index is 0.288. The van der Waals surface area contributed by atoms with E-state index in [1.54, 1.807) is 35.7 Å². The number of hydrogen-bond acceptors (Lipinski definition) is 10. The highest BCUT2D eigenvalue weighted by Crippen LogP contribution is 2.42. The molecule has 0 bridgehead atoms. The fourth-order valence-corrected chi connectivity index (χ4v) is 12.3. The summed E-state index contributed by atoms with van der Waals surface area (Å²) in [5, 5.41) is 1.52. The highest BCUT2D eigenvalue weighted by Gasteiger charge is 2.29. The first kappa shape index (κ1) is 33.0. The van der Waals surface area contributed by atoms with E-state index in [0.717, 1.165) is 78.8 Å². The minimum atomic E-state index is -3.90. The molecule has 4 unspecified atom stereocenters. The smallest absolute Gasteiger partial charge is 0.207 e. The van der Waals surface area contributed by atoms with Gasteiger partial charge < -0.3 is 9.47 Å². The van der Waals surface area contributed by atoms with E-state index in [-0.39, 0.29) is 12.2 Å². The first-order valence-corrected chi connectivity index (χ1v) is 23.2. The van der Waals surface area contributed by atoms with Crippen molar-refractivity contribution in [2.24, 2.45) is 0 Å². The van der Waals surface area contributed by atoms with E-state index in [1.807, 2.05) is 71.3 Å². The number of ether oxygens (including phenoxy) is 2. The van der Waals surface area contributed by atoms with Gasteiger partial charge in [-0.15, -0.1) is 47.0 Å². The zero-order chi connectivity index (χ0) is 31.8. The quantitative estimate of drug-likeness (QED) is 0.0818. The van der Waals surface area contributed by atoms with Crippen LogP contribution in [-0.4, -0.2) is 78.9 Å². The Balaban J connectivity index is 1.15. The van der Waals surface area contributed by atoms with Crippen molar-refractivity contribution >= 4 is 80.4 Å². The molecule has 4 aliphatic heterocycles. The third-order valence-electron chi connectivity index (χ3n) is 8.16. The number of thioether (sulfide) groups is 6. The van der Waals surface area contributed by atoms with Crippen molar-refractivity contribution in [3.05, 3.63) is 84.9 Å². The van der Waals surface area contributed by atoms with Gasteiger partial charge in [0.25, 0.3) is 0 Å². The minimum Gasteiger partial charge on any atom is -0.372 e. The van der Waals surface area contributed by atoms with Crippen molar-refractivity contribution in [2.75, 3.05) is 47.7 Å². The predicted molar refractivity (Wildman–Crippen MR) is 204 cm³/mol. The van der Waals surface area contributed by atoms with Crippen molar-refractivity contribution in [3.63, 3.8) is 0 Å². The van der Waals surface area contributed by atoms with Gasteiger partial charge in [-0.3, -0.25) is 0 Å². The lowest BCUT2D eigenvalue weighted by Gasteiger charge is -2.17. The molecular formula is C36H34O4S7. The Labute approximate surface area is 303 Å². The van der Waals surface area contributed by atoms with Crippen LogP contribution in [0.2, 0.25) is 0 Å². The summed E-state index contributed by atoms with van der Waals surface area (Å²) < 4.78 is 40.5. The molecule has 0 saturated carbocycles. The van der Waals surface area contributed by atoms with Gasteiger partial charge in [0.1, 0.15) is 0 Å². The summed E-state index contributed by atoms with van der Waals surface area (Å²) in [4.78, 5) is 5.19. The molecule has 4 aromatic rings. The number of sulfone groups is 1. The van der Waals surface area contributed by atoms with Crippen LogP contribution in [0.25, 0.3) is 22.3 Å². The second-order valence-electron chi connectivity index (χ2n) is 11.9. The molecule has 4 aromatic carbocycles. The van der Waals surface area contributed by atoms with E-state index in [1.165, 1.54) is 21.3 Å². The van der Waals surface area contributed by atoms with Gasteiger partial charge in [0.15, 0.2) is 0 Å². The Hall–Kier alpha value is -1.15. The summed E-state index contributed by atoms with van der Waals surface area (Å²) in [5.41, 5.74) is 3.29. The Kier molecular flexibility index (Phi) is 10.3. The molecule has 4 nitrogen and oxygen atoms in total. The van der Waals surface area contributed by atoms with Crippen molar-refractivity contribution in [1.29, 1.82) is 0 Å². The van der Waals surface area contributed by atoms with E-state index < -0.39 is 9.84 Å². The lowest BCUT2D eigenvalue weighted by molar-refractivity contribution is 0.426. The first-order chi connectivity index (χ1) is 23.0. The Bertz CT molecular complexity index is 1700. The van der Waals surface area contributed by atoms with E-state index in [0.29, 0.717) is 9.79 Å². The Morgan fingerprint density at radius 2 is 0.915 bits per heavy atom. The molecule has 4 aliphatic rings. The normalized spacial score (nSPS) is 22.6. The van der Waals surface area contributed by atoms with Gasteiger partial charge >= 0.3 is 0 Å². The lowest BCUT2D eigenvalue weighted by atomic mass is 10.1. The molecule has 0 spiro atoms. The van der Waals surface area contributed by atoms with Crippen molar-refractivity contribution in [3.8, 4) is 22.3 Å². The summed E-state index contributed by atoms with van der Waals surface area (Å²) in [6.45, 7) is 1.60. The summed E-state index contributed by atoms with van der Waals surface area (Å²) in [5.74, 6) is 6.46. The molecule has 0 radical (unpaired) electrons. The highest BCUT2D eigenvalue weighted by molar-refractivity contribution is 8.09. The van der Waals surface area contributed by atoms with Crippen LogP contribution in [0.4, 0.5) is 0 Å². The van der Waals surface area contributed by atoms with Crippen LogP contribution in [0.15, 0.2) is 114 Å². The van der Waals surface area contributed by atoms with Crippen molar-refractivity contribution < 1.29 is 17.9 Å². The average molecular weight is 755 g/mol. The van der Waals surface area contributed by atoms with Crippen LogP contribution in [0, 0.1) is 0 Å². The fourth-order valence-electron chi connectivity index (χ4n) is 5.11. The Morgan fingerprint density at radius 3 is 1.28 bits per heavy atom. The lowest BCUT2D eigenvalue weighted by Crippen LogP contribution is -2.07. The zero-order valence-corrected chi connectivity index (χ0v) is 31.3. The molecular weight excluding hydrogens is 721 g/mol. The third-order valence-corrected chi connectivity index (χ3v) is 17.0. The molecule has 4 heterocycles. The zero-order valence-electron chi connectivity index (χ0n) is 25.5. The average Bonchev–Trinajstić information content (AvgIpc) is 3.91. The second-order valence-corrected chi connectivity index (χ2v) is 20.9. The van der Waals surface area contributed by atoms with Gasteiger partial charge in [0, 0.05) is 75.7 Å². The van der Waals surface area contributed by atoms with Crippen LogP contribution < -0.4 is 0 Å². The van der Waals surface area contributed by atoms with Crippen LogP contribution in [-0.2, 0) is 19.3 Å².